The van der Waals surface area contributed by atoms with Crippen molar-refractivity contribution in [2.24, 2.45) is 0 Å². The van der Waals surface area contributed by atoms with E-state index in [9.17, 15) is 4.79 Å². The average molecular weight is 269 g/mol. The van der Waals surface area contributed by atoms with Gasteiger partial charge in [-0.1, -0.05) is 30.3 Å². The third-order valence-corrected chi connectivity index (χ3v) is 4.67. The van der Waals surface area contributed by atoms with Gasteiger partial charge in [-0.2, -0.15) is 0 Å². The molecule has 2 aromatic rings. The molecule has 1 unspecified atom stereocenters. The summed E-state index contributed by atoms with van der Waals surface area (Å²) in [6.45, 7) is 0. The lowest BCUT2D eigenvalue weighted by molar-refractivity contribution is -0.129. The first kappa shape index (κ1) is 10.8. The van der Waals surface area contributed by atoms with Gasteiger partial charge in [0, 0.05) is 18.0 Å². The molecule has 1 fully saturated rings. The molecule has 3 heterocycles. The molecular formula is C14H11N3OS. The van der Waals surface area contributed by atoms with Gasteiger partial charge in [0.25, 0.3) is 5.91 Å². The number of hydrogen-bond acceptors (Lipinski definition) is 3. The second-order valence-corrected chi connectivity index (χ2v) is 5.51. The van der Waals surface area contributed by atoms with E-state index >= 15 is 0 Å². The van der Waals surface area contributed by atoms with Gasteiger partial charge in [-0.3, -0.25) is 20.0 Å². The number of rotatable bonds is 1. The molecule has 4 rings (SSSR count). The summed E-state index contributed by atoms with van der Waals surface area (Å²) in [6, 6.07) is 9.71. The number of fused-ring (bicyclic) bond motifs is 4. The van der Waals surface area contributed by atoms with E-state index in [1.165, 1.54) is 4.90 Å². The summed E-state index contributed by atoms with van der Waals surface area (Å²) in [7, 11) is 1.66. The Labute approximate surface area is 114 Å². The summed E-state index contributed by atoms with van der Waals surface area (Å²) in [5.74, 6) is 0.203. The predicted octanol–water partition coefficient (Wildman–Crippen LogP) is 2.22. The summed E-state index contributed by atoms with van der Waals surface area (Å²) < 4.78 is 0. The van der Waals surface area contributed by atoms with Gasteiger partial charge in [0.2, 0.25) is 5.96 Å². The van der Waals surface area contributed by atoms with Crippen molar-refractivity contribution in [2.45, 2.75) is 5.54 Å². The maximum atomic E-state index is 12.7. The number of anilines is 1. The first-order valence-electron chi connectivity index (χ1n) is 5.98. The van der Waals surface area contributed by atoms with Gasteiger partial charge in [0.15, 0.2) is 5.54 Å². The molecule has 94 valence electrons. The SMILES string of the molecule is CN1C(=N)N2c3cscc3C2(c2ccccc2)C1=O. The van der Waals surface area contributed by atoms with Crippen molar-refractivity contribution in [3.05, 3.63) is 52.2 Å². The Morgan fingerprint density at radius 2 is 1.95 bits per heavy atom. The van der Waals surface area contributed by atoms with Crippen molar-refractivity contribution in [2.75, 3.05) is 11.9 Å². The molecule has 1 saturated heterocycles. The third-order valence-electron chi connectivity index (χ3n) is 3.94. The molecule has 5 heteroatoms. The largest absolute Gasteiger partial charge is 0.287 e. The number of thiophene rings is 1. The minimum atomic E-state index is -0.803. The fraction of sp³-hybridized carbons (Fsp3) is 0.143. The zero-order valence-corrected chi connectivity index (χ0v) is 11.1. The summed E-state index contributed by atoms with van der Waals surface area (Å²) in [6.07, 6.45) is 0. The first-order valence-corrected chi connectivity index (χ1v) is 6.92. The van der Waals surface area contributed by atoms with E-state index in [1.54, 1.807) is 18.4 Å². The number of nitrogens with zero attached hydrogens (tertiary/aromatic N) is 2. The predicted molar refractivity (Wildman–Crippen MR) is 74.5 cm³/mol. The maximum absolute atomic E-state index is 12.7. The van der Waals surface area contributed by atoms with Crippen LogP contribution in [-0.4, -0.2) is 23.8 Å². The Morgan fingerprint density at radius 1 is 1.21 bits per heavy atom. The van der Waals surface area contributed by atoms with Crippen LogP contribution in [0.5, 0.6) is 0 Å². The summed E-state index contributed by atoms with van der Waals surface area (Å²) in [4.78, 5) is 16.0. The van der Waals surface area contributed by atoms with E-state index in [-0.39, 0.29) is 11.9 Å². The average Bonchev–Trinajstić information content (AvgIpc) is 2.90. The Hall–Kier alpha value is -2.14. The van der Waals surface area contributed by atoms with E-state index in [2.05, 4.69) is 0 Å². The molecule has 19 heavy (non-hydrogen) atoms. The normalized spacial score (nSPS) is 24.3. The summed E-state index contributed by atoms with van der Waals surface area (Å²) in [5, 5.41) is 12.2. The smallest absolute Gasteiger partial charge is 0.264 e. The van der Waals surface area contributed by atoms with Crippen molar-refractivity contribution in [3.8, 4) is 0 Å². The van der Waals surface area contributed by atoms with Crippen molar-refractivity contribution in [3.63, 3.8) is 0 Å². The number of amides is 1. The van der Waals surface area contributed by atoms with Gasteiger partial charge in [-0.15, -0.1) is 11.3 Å². The number of nitrogens with one attached hydrogen (secondary N) is 1. The molecule has 1 N–H and O–H groups in total. The fourth-order valence-electron chi connectivity index (χ4n) is 3.04. The van der Waals surface area contributed by atoms with E-state index in [4.69, 9.17) is 5.41 Å². The molecule has 2 aliphatic heterocycles. The molecular weight excluding hydrogens is 258 g/mol. The fourth-order valence-corrected chi connectivity index (χ4v) is 3.90. The molecule has 0 bridgehead atoms. The van der Waals surface area contributed by atoms with E-state index < -0.39 is 5.54 Å². The Balaban J connectivity index is 2.04. The van der Waals surface area contributed by atoms with Crippen LogP contribution in [0.4, 0.5) is 5.69 Å². The summed E-state index contributed by atoms with van der Waals surface area (Å²) in [5.41, 5.74) is 2.13. The zero-order valence-electron chi connectivity index (χ0n) is 10.3. The second-order valence-electron chi connectivity index (χ2n) is 4.77. The van der Waals surface area contributed by atoms with Crippen LogP contribution in [0.3, 0.4) is 0 Å². The highest BCUT2D eigenvalue weighted by Gasteiger charge is 2.65. The standard InChI is InChI=1S/C14H11N3OS/c1-16-12(18)14(9-5-3-2-4-6-9)10-7-19-8-11(10)17(14)13(16)15/h2-8,15H,1H3. The minimum Gasteiger partial charge on any atom is -0.287 e. The molecule has 1 aromatic carbocycles. The zero-order chi connectivity index (χ0) is 13.2. The van der Waals surface area contributed by atoms with Crippen LogP contribution >= 0.6 is 11.3 Å². The van der Waals surface area contributed by atoms with Gasteiger partial charge < -0.3 is 0 Å². The van der Waals surface area contributed by atoms with Crippen LogP contribution in [0.15, 0.2) is 41.1 Å². The number of carbonyl (C=O) groups excluding carboxylic acids is 1. The first-order chi connectivity index (χ1) is 9.19. The molecule has 0 saturated carbocycles. The van der Waals surface area contributed by atoms with E-state index in [1.807, 2.05) is 46.0 Å². The van der Waals surface area contributed by atoms with E-state index in [0.717, 1.165) is 16.8 Å². The van der Waals surface area contributed by atoms with Gasteiger partial charge in [-0.25, -0.2) is 0 Å². The van der Waals surface area contributed by atoms with Crippen molar-refractivity contribution < 1.29 is 4.79 Å². The highest BCUT2D eigenvalue weighted by Crippen LogP contribution is 2.57. The molecule has 0 spiro atoms. The highest BCUT2D eigenvalue weighted by atomic mass is 32.1. The lowest BCUT2D eigenvalue weighted by atomic mass is 9.76. The van der Waals surface area contributed by atoms with Gasteiger partial charge in [-0.05, 0) is 10.9 Å². The maximum Gasteiger partial charge on any atom is 0.264 e. The number of benzene rings is 1. The van der Waals surface area contributed by atoms with Crippen LogP contribution in [0, 0.1) is 5.41 Å². The molecule has 0 radical (unpaired) electrons. The van der Waals surface area contributed by atoms with Gasteiger partial charge in [0.05, 0.1) is 5.69 Å². The molecule has 1 amide bonds. The Bertz CT molecular complexity index is 708. The molecule has 0 aliphatic carbocycles. The molecule has 1 atom stereocenters. The number of guanidine groups is 1. The number of hydrogen-bond donors (Lipinski definition) is 1. The lowest BCUT2D eigenvalue weighted by Gasteiger charge is -2.45. The van der Waals surface area contributed by atoms with Gasteiger partial charge >= 0.3 is 0 Å². The van der Waals surface area contributed by atoms with Crippen LogP contribution in [0.2, 0.25) is 0 Å². The Morgan fingerprint density at radius 3 is 2.68 bits per heavy atom. The topological polar surface area (TPSA) is 47.4 Å². The van der Waals surface area contributed by atoms with Crippen molar-refractivity contribution in [1.29, 1.82) is 5.41 Å². The van der Waals surface area contributed by atoms with Crippen LogP contribution < -0.4 is 4.90 Å². The lowest BCUT2D eigenvalue weighted by Crippen LogP contribution is -2.55. The van der Waals surface area contributed by atoms with Crippen molar-refractivity contribution in [1.82, 2.24) is 4.90 Å². The van der Waals surface area contributed by atoms with Crippen LogP contribution in [0.1, 0.15) is 11.1 Å². The summed E-state index contributed by atoms with van der Waals surface area (Å²) >= 11 is 1.57. The quantitative estimate of drug-likeness (QED) is 0.863. The van der Waals surface area contributed by atoms with Gasteiger partial charge in [0.1, 0.15) is 0 Å². The van der Waals surface area contributed by atoms with Crippen LogP contribution in [0.25, 0.3) is 0 Å². The monoisotopic (exact) mass is 269 g/mol. The minimum absolute atomic E-state index is 0.0467. The van der Waals surface area contributed by atoms with Crippen molar-refractivity contribution >= 4 is 28.9 Å². The molecule has 1 aromatic heterocycles. The second kappa shape index (κ2) is 3.24. The molecule has 4 nitrogen and oxygen atoms in total. The van der Waals surface area contributed by atoms with Crippen LogP contribution in [-0.2, 0) is 10.3 Å². The number of likely N-dealkylation sites (N-methyl/N-ethyl adjacent to an activating group) is 1. The number of carbonyl (C=O) groups is 1. The Kier molecular flexibility index (Phi) is 1.84. The van der Waals surface area contributed by atoms with E-state index in [0.29, 0.717) is 0 Å². The highest BCUT2D eigenvalue weighted by molar-refractivity contribution is 7.08. The third kappa shape index (κ3) is 0.976. The molecule has 2 aliphatic rings.